The van der Waals surface area contributed by atoms with Crippen LogP contribution in [0.2, 0.25) is 0 Å². The van der Waals surface area contributed by atoms with Crippen LogP contribution in [-0.2, 0) is 0 Å². The Hall–Kier alpha value is -1.36. The summed E-state index contributed by atoms with van der Waals surface area (Å²) >= 11 is 0. The number of nitrogens with zero attached hydrogens (tertiary/aromatic N) is 2. The molecule has 1 fully saturated rings. The van der Waals surface area contributed by atoms with E-state index in [1.54, 1.807) is 6.20 Å². The van der Waals surface area contributed by atoms with Gasteiger partial charge in [0.25, 0.3) is 0 Å². The summed E-state index contributed by atoms with van der Waals surface area (Å²) in [4.78, 5) is 8.39. The SMILES string of the molecule is Cc1cnc(NN)nc1NC(C)(C)C1CC1. The molecule has 0 radical (unpaired) electrons. The van der Waals surface area contributed by atoms with Crippen LogP contribution in [0.5, 0.6) is 0 Å². The molecule has 0 spiro atoms. The Morgan fingerprint density at radius 3 is 2.69 bits per heavy atom. The van der Waals surface area contributed by atoms with Crippen molar-refractivity contribution < 1.29 is 0 Å². The Balaban J connectivity index is 2.19. The van der Waals surface area contributed by atoms with Gasteiger partial charge in [-0.05, 0) is 39.5 Å². The average Bonchev–Trinajstić information content (AvgIpc) is 3.04. The van der Waals surface area contributed by atoms with Gasteiger partial charge in [-0.25, -0.2) is 10.8 Å². The van der Waals surface area contributed by atoms with Gasteiger partial charge in [0.05, 0.1) is 0 Å². The van der Waals surface area contributed by atoms with Gasteiger partial charge in [0.2, 0.25) is 5.95 Å². The topological polar surface area (TPSA) is 75.9 Å². The summed E-state index contributed by atoms with van der Waals surface area (Å²) in [5.74, 6) is 7.35. The van der Waals surface area contributed by atoms with Crippen LogP contribution >= 0.6 is 0 Å². The Morgan fingerprint density at radius 2 is 2.12 bits per heavy atom. The monoisotopic (exact) mass is 221 g/mol. The quantitative estimate of drug-likeness (QED) is 0.532. The van der Waals surface area contributed by atoms with Crippen LogP contribution < -0.4 is 16.6 Å². The molecule has 1 aromatic heterocycles. The lowest BCUT2D eigenvalue weighted by atomic mass is 9.98. The number of rotatable bonds is 4. The van der Waals surface area contributed by atoms with Crippen molar-refractivity contribution in [3.8, 4) is 0 Å². The molecule has 1 aliphatic rings. The molecule has 5 nitrogen and oxygen atoms in total. The van der Waals surface area contributed by atoms with Crippen LogP contribution in [0.15, 0.2) is 6.20 Å². The van der Waals surface area contributed by atoms with E-state index < -0.39 is 0 Å². The highest BCUT2D eigenvalue weighted by Crippen LogP contribution is 2.41. The molecule has 2 rings (SSSR count). The molecule has 0 bridgehead atoms. The highest BCUT2D eigenvalue weighted by molar-refractivity contribution is 5.48. The largest absolute Gasteiger partial charge is 0.365 e. The van der Waals surface area contributed by atoms with Gasteiger partial charge in [-0.3, -0.25) is 5.43 Å². The number of nitrogens with one attached hydrogen (secondary N) is 2. The number of nitrogens with two attached hydrogens (primary N) is 1. The van der Waals surface area contributed by atoms with Gasteiger partial charge in [-0.2, -0.15) is 4.98 Å². The van der Waals surface area contributed by atoms with Crippen molar-refractivity contribution in [2.45, 2.75) is 39.2 Å². The molecule has 0 saturated heterocycles. The number of aromatic nitrogens is 2. The van der Waals surface area contributed by atoms with E-state index in [1.165, 1.54) is 12.8 Å². The molecule has 16 heavy (non-hydrogen) atoms. The van der Waals surface area contributed by atoms with Gasteiger partial charge in [0.15, 0.2) is 0 Å². The van der Waals surface area contributed by atoms with Crippen molar-refractivity contribution in [1.82, 2.24) is 9.97 Å². The molecule has 1 aromatic rings. The molecule has 1 aliphatic carbocycles. The van der Waals surface area contributed by atoms with Crippen LogP contribution in [0.1, 0.15) is 32.3 Å². The van der Waals surface area contributed by atoms with Gasteiger partial charge in [0.1, 0.15) is 5.82 Å². The molecule has 1 saturated carbocycles. The van der Waals surface area contributed by atoms with E-state index in [0.29, 0.717) is 5.95 Å². The molecule has 0 amide bonds. The van der Waals surface area contributed by atoms with Crippen LogP contribution in [0.4, 0.5) is 11.8 Å². The van der Waals surface area contributed by atoms with Crippen molar-refractivity contribution in [1.29, 1.82) is 0 Å². The average molecular weight is 221 g/mol. The molecular weight excluding hydrogens is 202 g/mol. The number of hydrogen-bond donors (Lipinski definition) is 3. The van der Waals surface area contributed by atoms with Gasteiger partial charge in [-0.1, -0.05) is 0 Å². The second-order valence-electron chi connectivity index (χ2n) is 4.99. The maximum absolute atomic E-state index is 5.30. The van der Waals surface area contributed by atoms with Crippen molar-refractivity contribution in [3.05, 3.63) is 11.8 Å². The first kappa shape index (κ1) is 11.1. The predicted molar refractivity (Wildman–Crippen MR) is 65.0 cm³/mol. The maximum atomic E-state index is 5.30. The highest BCUT2D eigenvalue weighted by atomic mass is 15.3. The van der Waals surface area contributed by atoms with E-state index in [0.717, 1.165) is 17.3 Å². The third-order valence-electron chi connectivity index (χ3n) is 3.14. The molecular formula is C11H19N5. The summed E-state index contributed by atoms with van der Waals surface area (Å²) in [7, 11) is 0. The van der Waals surface area contributed by atoms with Crippen LogP contribution in [-0.4, -0.2) is 15.5 Å². The lowest BCUT2D eigenvalue weighted by Crippen LogP contribution is -2.34. The zero-order chi connectivity index (χ0) is 11.8. The van der Waals surface area contributed by atoms with Crippen LogP contribution in [0.3, 0.4) is 0 Å². The number of hydrazine groups is 1. The highest BCUT2D eigenvalue weighted by Gasteiger charge is 2.38. The van der Waals surface area contributed by atoms with E-state index in [-0.39, 0.29) is 5.54 Å². The van der Waals surface area contributed by atoms with Crippen molar-refractivity contribution in [2.24, 2.45) is 11.8 Å². The van der Waals surface area contributed by atoms with Crippen molar-refractivity contribution >= 4 is 11.8 Å². The van der Waals surface area contributed by atoms with E-state index in [2.05, 4.69) is 34.6 Å². The molecule has 0 aromatic carbocycles. The van der Waals surface area contributed by atoms with Crippen molar-refractivity contribution in [2.75, 3.05) is 10.7 Å². The second-order valence-corrected chi connectivity index (χ2v) is 4.99. The summed E-state index contributed by atoms with van der Waals surface area (Å²) in [6.07, 6.45) is 4.37. The Morgan fingerprint density at radius 1 is 1.44 bits per heavy atom. The molecule has 88 valence electrons. The van der Waals surface area contributed by atoms with Gasteiger partial charge in [-0.15, -0.1) is 0 Å². The standard InChI is InChI=1S/C11H19N5/c1-7-6-13-10(16-12)14-9(7)15-11(2,3)8-4-5-8/h6,8H,4-5,12H2,1-3H3,(H2,13,14,15,16). The second kappa shape index (κ2) is 3.90. The van der Waals surface area contributed by atoms with Gasteiger partial charge < -0.3 is 5.32 Å². The van der Waals surface area contributed by atoms with Gasteiger partial charge >= 0.3 is 0 Å². The predicted octanol–water partition coefficient (Wildman–Crippen LogP) is 1.67. The number of anilines is 2. The minimum Gasteiger partial charge on any atom is -0.365 e. The normalized spacial score (nSPS) is 16.0. The molecule has 4 N–H and O–H groups in total. The lowest BCUT2D eigenvalue weighted by Gasteiger charge is -2.27. The summed E-state index contributed by atoms with van der Waals surface area (Å²) in [5.41, 5.74) is 3.59. The zero-order valence-electron chi connectivity index (χ0n) is 10.0. The zero-order valence-corrected chi connectivity index (χ0v) is 10.0. The van der Waals surface area contributed by atoms with Crippen LogP contribution in [0.25, 0.3) is 0 Å². The number of hydrogen-bond acceptors (Lipinski definition) is 5. The molecule has 0 unspecified atom stereocenters. The van der Waals surface area contributed by atoms with E-state index >= 15 is 0 Å². The third kappa shape index (κ3) is 2.24. The maximum Gasteiger partial charge on any atom is 0.239 e. The van der Waals surface area contributed by atoms with Crippen molar-refractivity contribution in [3.63, 3.8) is 0 Å². The molecule has 0 aliphatic heterocycles. The van der Waals surface area contributed by atoms with E-state index in [1.807, 2.05) is 6.92 Å². The lowest BCUT2D eigenvalue weighted by molar-refractivity contribution is 0.492. The van der Waals surface area contributed by atoms with E-state index in [9.17, 15) is 0 Å². The third-order valence-corrected chi connectivity index (χ3v) is 3.14. The number of aryl methyl sites for hydroxylation is 1. The minimum absolute atomic E-state index is 0.0883. The fourth-order valence-electron chi connectivity index (χ4n) is 1.85. The molecule has 0 atom stereocenters. The Bertz CT molecular complexity index is 384. The van der Waals surface area contributed by atoms with Gasteiger partial charge in [0, 0.05) is 17.3 Å². The van der Waals surface area contributed by atoms with E-state index in [4.69, 9.17) is 5.84 Å². The molecule has 1 heterocycles. The fraction of sp³-hybridized carbons (Fsp3) is 0.636. The summed E-state index contributed by atoms with van der Waals surface area (Å²) < 4.78 is 0. The summed E-state index contributed by atoms with van der Waals surface area (Å²) in [6.45, 7) is 6.41. The minimum atomic E-state index is 0.0883. The summed E-state index contributed by atoms with van der Waals surface area (Å²) in [6, 6.07) is 0. The molecule has 5 heteroatoms. The van der Waals surface area contributed by atoms with Crippen LogP contribution in [0, 0.1) is 12.8 Å². The first-order valence-corrected chi connectivity index (χ1v) is 5.61. The first-order chi connectivity index (χ1) is 7.53. The smallest absolute Gasteiger partial charge is 0.239 e. The fourth-order valence-corrected chi connectivity index (χ4v) is 1.85. The summed E-state index contributed by atoms with van der Waals surface area (Å²) in [5, 5.41) is 3.48. The first-order valence-electron chi connectivity index (χ1n) is 5.61. The Labute approximate surface area is 95.8 Å². The number of nitrogen functional groups attached to an aromatic ring is 1. The Kier molecular flexibility index (Phi) is 2.71.